The number of carbonyl (C=O) groups excluding carboxylic acids is 1. The molecule has 1 aliphatic rings. The van der Waals surface area contributed by atoms with Crippen LogP contribution >= 0.6 is 0 Å². The van der Waals surface area contributed by atoms with E-state index in [1.165, 1.54) is 0 Å². The summed E-state index contributed by atoms with van der Waals surface area (Å²) in [5, 5.41) is 11.5. The fourth-order valence-corrected chi connectivity index (χ4v) is 2.08. The van der Waals surface area contributed by atoms with Gasteiger partial charge in [-0.05, 0) is 25.5 Å². The molecule has 0 aromatic heterocycles. The predicted molar refractivity (Wildman–Crippen MR) is 75.3 cm³/mol. The highest BCUT2D eigenvalue weighted by molar-refractivity contribution is 5.89. The molecular formula is C15H19NO5. The molecular weight excluding hydrogens is 274 g/mol. The summed E-state index contributed by atoms with van der Waals surface area (Å²) >= 11 is 0. The number of carbonyl (C=O) groups is 2. The fraction of sp³-hybridized carbons (Fsp3) is 0.467. The lowest BCUT2D eigenvalue weighted by molar-refractivity contribution is -0.140. The van der Waals surface area contributed by atoms with Gasteiger partial charge in [0.15, 0.2) is 0 Å². The smallest absolute Gasteiger partial charge is 0.307 e. The van der Waals surface area contributed by atoms with Crippen LogP contribution in [-0.4, -0.2) is 36.7 Å². The van der Waals surface area contributed by atoms with Crippen molar-refractivity contribution in [1.29, 1.82) is 0 Å². The molecule has 0 radical (unpaired) electrons. The minimum atomic E-state index is -0.907. The van der Waals surface area contributed by atoms with E-state index in [2.05, 4.69) is 5.32 Å². The fourth-order valence-electron chi connectivity index (χ4n) is 2.08. The molecule has 1 aromatic rings. The Morgan fingerprint density at radius 3 is 2.71 bits per heavy atom. The lowest BCUT2D eigenvalue weighted by Gasteiger charge is -2.16. The Morgan fingerprint density at radius 2 is 2.10 bits per heavy atom. The van der Waals surface area contributed by atoms with Gasteiger partial charge in [0.05, 0.1) is 25.5 Å². The Balaban J connectivity index is 1.76. The second kappa shape index (κ2) is 6.47. The van der Waals surface area contributed by atoms with Crippen LogP contribution in [0.5, 0.6) is 11.5 Å². The summed E-state index contributed by atoms with van der Waals surface area (Å²) in [6, 6.07) is 7.21. The van der Waals surface area contributed by atoms with Crippen LogP contribution in [0, 0.1) is 11.8 Å². The van der Waals surface area contributed by atoms with E-state index in [9.17, 15) is 9.59 Å². The summed E-state index contributed by atoms with van der Waals surface area (Å²) < 4.78 is 10.8. The predicted octanol–water partition coefficient (Wildman–Crippen LogP) is 1.30. The first-order valence-electron chi connectivity index (χ1n) is 6.82. The molecule has 1 saturated carbocycles. The highest BCUT2D eigenvalue weighted by Crippen LogP contribution is 2.38. The number of hydrogen-bond acceptors (Lipinski definition) is 4. The highest BCUT2D eigenvalue weighted by atomic mass is 16.5. The first-order valence-corrected chi connectivity index (χ1v) is 6.82. The molecule has 2 rings (SSSR count). The van der Waals surface area contributed by atoms with Gasteiger partial charge in [0.2, 0.25) is 5.91 Å². The van der Waals surface area contributed by atoms with Gasteiger partial charge in [-0.2, -0.15) is 0 Å². The van der Waals surface area contributed by atoms with E-state index in [0.29, 0.717) is 24.5 Å². The van der Waals surface area contributed by atoms with Crippen LogP contribution in [0.4, 0.5) is 0 Å². The molecule has 1 fully saturated rings. The number of carboxylic acids is 1. The van der Waals surface area contributed by atoms with Gasteiger partial charge in [0, 0.05) is 6.07 Å². The summed E-state index contributed by atoms with van der Waals surface area (Å²) in [4.78, 5) is 22.4. The lowest BCUT2D eigenvalue weighted by atomic mass is 10.3. The first kappa shape index (κ1) is 15.2. The third-order valence-corrected chi connectivity index (χ3v) is 3.39. The number of hydrogen-bond donors (Lipinski definition) is 2. The van der Waals surface area contributed by atoms with Crippen molar-refractivity contribution >= 4 is 11.9 Å². The maximum atomic E-state index is 11.7. The molecule has 0 bridgehead atoms. The molecule has 3 atom stereocenters. The van der Waals surface area contributed by atoms with Crippen LogP contribution in [0.3, 0.4) is 0 Å². The topological polar surface area (TPSA) is 84.9 Å². The van der Waals surface area contributed by atoms with Gasteiger partial charge < -0.3 is 19.9 Å². The number of amides is 1. The molecule has 0 heterocycles. The third-order valence-electron chi connectivity index (χ3n) is 3.39. The van der Waals surface area contributed by atoms with Crippen LogP contribution in [-0.2, 0) is 9.59 Å². The van der Waals surface area contributed by atoms with E-state index in [1.54, 1.807) is 13.2 Å². The summed E-state index contributed by atoms with van der Waals surface area (Å²) in [7, 11) is 1.58. The minimum absolute atomic E-state index is 0.219. The average Bonchev–Trinajstić information content (AvgIpc) is 3.25. The molecule has 114 valence electrons. The molecule has 1 aliphatic carbocycles. The largest absolute Gasteiger partial charge is 0.497 e. The van der Waals surface area contributed by atoms with Crippen molar-refractivity contribution in [3.8, 4) is 11.5 Å². The normalized spacial score (nSPS) is 21.2. The number of carboxylic acid groups (broad SMARTS) is 1. The molecule has 1 aromatic carbocycles. The van der Waals surface area contributed by atoms with Gasteiger partial charge in [-0.3, -0.25) is 9.59 Å². The zero-order valence-corrected chi connectivity index (χ0v) is 12.0. The van der Waals surface area contributed by atoms with E-state index < -0.39 is 17.8 Å². The molecule has 0 spiro atoms. The van der Waals surface area contributed by atoms with E-state index in [4.69, 9.17) is 14.6 Å². The van der Waals surface area contributed by atoms with Gasteiger partial charge in [-0.1, -0.05) is 6.07 Å². The van der Waals surface area contributed by atoms with Crippen molar-refractivity contribution in [3.05, 3.63) is 24.3 Å². The van der Waals surface area contributed by atoms with Gasteiger partial charge in [-0.25, -0.2) is 0 Å². The number of nitrogens with one attached hydrogen (secondary N) is 1. The summed E-state index contributed by atoms with van der Waals surface area (Å²) in [5.41, 5.74) is 0. The molecule has 2 N–H and O–H groups in total. The molecule has 21 heavy (non-hydrogen) atoms. The van der Waals surface area contributed by atoms with Gasteiger partial charge in [0.25, 0.3) is 0 Å². The number of rotatable bonds is 7. The van der Waals surface area contributed by atoms with Gasteiger partial charge >= 0.3 is 5.97 Å². The van der Waals surface area contributed by atoms with Crippen LogP contribution in [0.15, 0.2) is 24.3 Å². The number of methoxy groups -OCH3 is 1. The Labute approximate surface area is 123 Å². The first-order chi connectivity index (χ1) is 10.0. The van der Waals surface area contributed by atoms with Crippen molar-refractivity contribution in [3.63, 3.8) is 0 Å². The van der Waals surface area contributed by atoms with Crippen molar-refractivity contribution in [2.45, 2.75) is 19.4 Å². The second-order valence-electron chi connectivity index (χ2n) is 5.14. The van der Waals surface area contributed by atoms with Gasteiger partial charge in [-0.15, -0.1) is 0 Å². The molecule has 0 aliphatic heterocycles. The van der Waals surface area contributed by atoms with E-state index in [1.807, 2.05) is 25.1 Å². The van der Waals surface area contributed by atoms with Crippen molar-refractivity contribution in [1.82, 2.24) is 5.32 Å². The van der Waals surface area contributed by atoms with Crippen molar-refractivity contribution in [2.75, 3.05) is 13.7 Å². The zero-order chi connectivity index (χ0) is 15.4. The van der Waals surface area contributed by atoms with Crippen molar-refractivity contribution in [2.24, 2.45) is 11.8 Å². The molecule has 0 unspecified atom stereocenters. The van der Waals surface area contributed by atoms with Gasteiger partial charge in [0.1, 0.15) is 17.6 Å². The maximum absolute atomic E-state index is 11.7. The standard InChI is InChI=1S/C15H19NO5/c1-9(21-11-5-3-4-10(6-11)20-2)8-16-14(17)12-7-13(12)15(18)19/h3-6,9,12-13H,7-8H2,1-2H3,(H,16,17)(H,18,19)/t9-,12+,13+/m1/s1. The summed E-state index contributed by atoms with van der Waals surface area (Å²) in [6.45, 7) is 2.17. The van der Waals surface area contributed by atoms with Crippen molar-refractivity contribution < 1.29 is 24.2 Å². The summed E-state index contributed by atoms with van der Waals surface area (Å²) in [6.07, 6.45) is 0.204. The zero-order valence-electron chi connectivity index (χ0n) is 12.0. The Morgan fingerprint density at radius 1 is 1.38 bits per heavy atom. The maximum Gasteiger partial charge on any atom is 0.307 e. The summed E-state index contributed by atoms with van der Waals surface area (Å²) in [5.74, 6) is -0.692. The monoisotopic (exact) mass is 293 g/mol. The van der Waals surface area contributed by atoms with Crippen LogP contribution in [0.2, 0.25) is 0 Å². The van der Waals surface area contributed by atoms with E-state index in [0.717, 1.165) is 0 Å². The number of benzene rings is 1. The quantitative estimate of drug-likeness (QED) is 0.791. The van der Waals surface area contributed by atoms with Crippen LogP contribution in [0.25, 0.3) is 0 Å². The van der Waals surface area contributed by atoms with Crippen LogP contribution < -0.4 is 14.8 Å². The average molecular weight is 293 g/mol. The van der Waals surface area contributed by atoms with E-state index in [-0.39, 0.29) is 12.0 Å². The number of ether oxygens (including phenoxy) is 2. The Hall–Kier alpha value is -2.24. The Kier molecular flexibility index (Phi) is 4.67. The molecule has 6 nitrogen and oxygen atoms in total. The second-order valence-corrected chi connectivity index (χ2v) is 5.14. The SMILES string of the molecule is COc1cccc(O[C@H](C)CNC(=O)[C@H]2C[C@@H]2C(=O)O)c1. The third kappa shape index (κ3) is 4.11. The van der Waals surface area contributed by atoms with Crippen LogP contribution in [0.1, 0.15) is 13.3 Å². The molecule has 6 heteroatoms. The lowest BCUT2D eigenvalue weighted by Crippen LogP contribution is -2.35. The van der Waals surface area contributed by atoms with E-state index >= 15 is 0 Å². The Bertz CT molecular complexity index is 531. The highest BCUT2D eigenvalue weighted by Gasteiger charge is 2.48. The molecule has 0 saturated heterocycles. The number of aliphatic carboxylic acids is 1. The minimum Gasteiger partial charge on any atom is -0.497 e. The molecule has 1 amide bonds.